The lowest BCUT2D eigenvalue weighted by Crippen LogP contribution is -2.08. The highest BCUT2D eigenvalue weighted by atomic mass is 79.9. The van der Waals surface area contributed by atoms with E-state index in [1.165, 1.54) is 23.1 Å². The second-order valence-electron chi connectivity index (χ2n) is 3.58. The van der Waals surface area contributed by atoms with Gasteiger partial charge in [-0.2, -0.15) is 0 Å². The van der Waals surface area contributed by atoms with E-state index in [0.29, 0.717) is 0 Å². The summed E-state index contributed by atoms with van der Waals surface area (Å²) in [6.45, 7) is 2.21. The molecular formula is C12H12Br2. The molecule has 0 saturated heterocycles. The fraction of sp³-hybridized carbons (Fsp3) is 0.333. The van der Waals surface area contributed by atoms with Gasteiger partial charge in [0.15, 0.2) is 0 Å². The number of halogens is 2. The summed E-state index contributed by atoms with van der Waals surface area (Å²) in [6.07, 6.45) is 4.59. The zero-order valence-corrected chi connectivity index (χ0v) is 11.2. The van der Waals surface area contributed by atoms with Gasteiger partial charge < -0.3 is 0 Å². The van der Waals surface area contributed by atoms with Gasteiger partial charge in [-0.3, -0.25) is 0 Å². The van der Waals surface area contributed by atoms with Gasteiger partial charge in [-0.1, -0.05) is 75.5 Å². The maximum absolute atomic E-state index is 3.76. The monoisotopic (exact) mass is 314 g/mol. The minimum Gasteiger partial charge on any atom is -0.0651 e. The SMILES string of the molecule is CCCC1=Cc2ccccc2C1(Br)Br. The maximum atomic E-state index is 3.76. The molecule has 0 aliphatic heterocycles. The minimum absolute atomic E-state index is 0.118. The summed E-state index contributed by atoms with van der Waals surface area (Å²) in [5.74, 6) is 0. The molecule has 0 bridgehead atoms. The lowest BCUT2D eigenvalue weighted by atomic mass is 10.1. The van der Waals surface area contributed by atoms with Gasteiger partial charge in [0.25, 0.3) is 0 Å². The summed E-state index contributed by atoms with van der Waals surface area (Å²) in [4.78, 5) is 0. The van der Waals surface area contributed by atoms with Crippen molar-refractivity contribution in [2.45, 2.75) is 23.0 Å². The predicted octanol–water partition coefficient (Wildman–Crippen LogP) is 4.83. The Morgan fingerprint density at radius 1 is 1.21 bits per heavy atom. The third kappa shape index (κ3) is 1.59. The highest BCUT2D eigenvalue weighted by Gasteiger charge is 2.35. The van der Waals surface area contributed by atoms with Gasteiger partial charge in [-0.15, -0.1) is 0 Å². The van der Waals surface area contributed by atoms with Crippen LogP contribution in [0, 0.1) is 0 Å². The van der Waals surface area contributed by atoms with E-state index in [0.717, 1.165) is 6.42 Å². The second-order valence-corrected chi connectivity index (χ2v) is 7.02. The molecule has 0 amide bonds. The first-order chi connectivity index (χ1) is 6.66. The van der Waals surface area contributed by atoms with Crippen molar-refractivity contribution < 1.29 is 0 Å². The summed E-state index contributed by atoms with van der Waals surface area (Å²) in [6, 6.07) is 8.49. The lowest BCUT2D eigenvalue weighted by molar-refractivity contribution is 0.869. The van der Waals surface area contributed by atoms with Gasteiger partial charge in [0, 0.05) is 0 Å². The summed E-state index contributed by atoms with van der Waals surface area (Å²) in [5, 5.41) is 0. The third-order valence-electron chi connectivity index (χ3n) is 2.55. The second kappa shape index (κ2) is 3.82. The average molecular weight is 316 g/mol. The van der Waals surface area contributed by atoms with Crippen LogP contribution < -0.4 is 0 Å². The van der Waals surface area contributed by atoms with Crippen LogP contribution >= 0.6 is 31.9 Å². The summed E-state index contributed by atoms with van der Waals surface area (Å²) >= 11 is 7.51. The molecule has 0 N–H and O–H groups in total. The molecule has 0 unspecified atom stereocenters. The molecule has 14 heavy (non-hydrogen) atoms. The molecule has 0 saturated carbocycles. The van der Waals surface area contributed by atoms with Crippen molar-refractivity contribution in [1.82, 2.24) is 0 Å². The van der Waals surface area contributed by atoms with E-state index in [1.54, 1.807) is 0 Å². The van der Waals surface area contributed by atoms with Crippen LogP contribution in [0.4, 0.5) is 0 Å². The van der Waals surface area contributed by atoms with E-state index >= 15 is 0 Å². The molecule has 0 heterocycles. The summed E-state index contributed by atoms with van der Waals surface area (Å²) < 4.78 is -0.118. The minimum atomic E-state index is -0.118. The van der Waals surface area contributed by atoms with E-state index in [-0.39, 0.29) is 3.23 Å². The van der Waals surface area contributed by atoms with Crippen molar-refractivity contribution in [3.05, 3.63) is 41.0 Å². The number of hydrogen-bond donors (Lipinski definition) is 0. The van der Waals surface area contributed by atoms with Crippen LogP contribution in [0.2, 0.25) is 0 Å². The summed E-state index contributed by atoms with van der Waals surface area (Å²) in [7, 11) is 0. The molecule has 2 heteroatoms. The van der Waals surface area contributed by atoms with Gasteiger partial charge in [0.05, 0.1) is 0 Å². The fourth-order valence-electron chi connectivity index (χ4n) is 1.86. The van der Waals surface area contributed by atoms with Crippen LogP contribution in [0.3, 0.4) is 0 Å². The van der Waals surface area contributed by atoms with Gasteiger partial charge in [0.2, 0.25) is 0 Å². The number of fused-ring (bicyclic) bond motifs is 1. The zero-order chi connectivity index (χ0) is 10.2. The van der Waals surface area contributed by atoms with Crippen LogP contribution in [0.1, 0.15) is 30.9 Å². The van der Waals surface area contributed by atoms with Crippen molar-refractivity contribution in [2.24, 2.45) is 0 Å². The van der Waals surface area contributed by atoms with Gasteiger partial charge in [-0.25, -0.2) is 0 Å². The molecule has 0 nitrogen and oxygen atoms in total. The van der Waals surface area contributed by atoms with Crippen LogP contribution in [0.15, 0.2) is 29.8 Å². The van der Waals surface area contributed by atoms with Gasteiger partial charge >= 0.3 is 0 Å². The molecule has 74 valence electrons. The Bertz CT molecular complexity index is 378. The Kier molecular flexibility index (Phi) is 2.85. The Labute approximate surface area is 102 Å². The van der Waals surface area contributed by atoms with Crippen molar-refractivity contribution >= 4 is 37.9 Å². The fourth-order valence-corrected chi connectivity index (χ4v) is 3.21. The van der Waals surface area contributed by atoms with E-state index in [1.807, 2.05) is 0 Å². The Balaban J connectivity index is 2.45. The number of benzene rings is 1. The number of rotatable bonds is 2. The van der Waals surface area contributed by atoms with Crippen LogP contribution in [0.5, 0.6) is 0 Å². The highest BCUT2D eigenvalue weighted by molar-refractivity contribution is 9.25. The number of hydrogen-bond acceptors (Lipinski definition) is 0. The van der Waals surface area contributed by atoms with Crippen LogP contribution in [0.25, 0.3) is 6.08 Å². The Morgan fingerprint density at radius 3 is 2.57 bits per heavy atom. The van der Waals surface area contributed by atoms with Gasteiger partial charge in [0.1, 0.15) is 3.23 Å². The first-order valence-corrected chi connectivity index (χ1v) is 6.43. The first kappa shape index (κ1) is 10.4. The highest BCUT2D eigenvalue weighted by Crippen LogP contribution is 2.52. The standard InChI is InChI=1S/C12H12Br2/c1-2-5-10-8-9-6-3-4-7-11(9)12(10,13)14/h3-4,6-8H,2,5H2,1H3. The van der Waals surface area contributed by atoms with E-state index in [4.69, 9.17) is 0 Å². The van der Waals surface area contributed by atoms with Crippen molar-refractivity contribution in [3.63, 3.8) is 0 Å². The molecular weight excluding hydrogens is 304 g/mol. The molecule has 2 rings (SSSR count). The maximum Gasteiger partial charge on any atom is 0.127 e. The quantitative estimate of drug-likeness (QED) is 0.686. The molecule has 0 spiro atoms. The van der Waals surface area contributed by atoms with Crippen molar-refractivity contribution in [1.29, 1.82) is 0 Å². The van der Waals surface area contributed by atoms with E-state index < -0.39 is 0 Å². The normalized spacial score (nSPS) is 17.8. The Hall–Kier alpha value is -0.0800. The van der Waals surface area contributed by atoms with Crippen molar-refractivity contribution in [3.8, 4) is 0 Å². The van der Waals surface area contributed by atoms with Crippen LogP contribution in [-0.2, 0) is 3.23 Å². The van der Waals surface area contributed by atoms with E-state index in [9.17, 15) is 0 Å². The molecule has 0 fully saturated rings. The predicted molar refractivity (Wildman–Crippen MR) is 68.9 cm³/mol. The molecule has 0 atom stereocenters. The number of alkyl halides is 2. The summed E-state index contributed by atoms with van der Waals surface area (Å²) in [5.41, 5.74) is 4.06. The zero-order valence-electron chi connectivity index (χ0n) is 8.06. The lowest BCUT2D eigenvalue weighted by Gasteiger charge is -2.19. The van der Waals surface area contributed by atoms with E-state index in [2.05, 4.69) is 69.1 Å². The smallest absolute Gasteiger partial charge is 0.0651 e. The third-order valence-corrected chi connectivity index (χ3v) is 4.42. The Morgan fingerprint density at radius 2 is 1.93 bits per heavy atom. The molecule has 0 radical (unpaired) electrons. The molecule has 1 aliphatic rings. The topological polar surface area (TPSA) is 0 Å². The van der Waals surface area contributed by atoms with Crippen molar-refractivity contribution in [2.75, 3.05) is 0 Å². The largest absolute Gasteiger partial charge is 0.127 e. The molecule has 1 aromatic rings. The first-order valence-electron chi connectivity index (χ1n) is 4.84. The number of allylic oxidation sites excluding steroid dienone is 1. The molecule has 1 aromatic carbocycles. The molecule has 0 aromatic heterocycles. The molecule has 1 aliphatic carbocycles. The van der Waals surface area contributed by atoms with Crippen LogP contribution in [-0.4, -0.2) is 0 Å². The average Bonchev–Trinajstić information content (AvgIpc) is 2.41. The van der Waals surface area contributed by atoms with Gasteiger partial charge in [-0.05, 0) is 23.1 Å².